The average Bonchev–Trinajstić information content (AvgIpc) is 2.22. The van der Waals surface area contributed by atoms with Crippen molar-refractivity contribution < 1.29 is 14.6 Å². The van der Waals surface area contributed by atoms with E-state index < -0.39 is 6.10 Å². The summed E-state index contributed by atoms with van der Waals surface area (Å²) in [4.78, 5) is 11.2. The molecule has 1 rings (SSSR count). The van der Waals surface area contributed by atoms with Gasteiger partial charge in [-0.3, -0.25) is 4.79 Å². The van der Waals surface area contributed by atoms with Crippen molar-refractivity contribution in [2.75, 3.05) is 12.4 Å². The highest BCUT2D eigenvalue weighted by Crippen LogP contribution is 2.34. The molecule has 0 bridgehead atoms. The van der Waals surface area contributed by atoms with E-state index in [9.17, 15) is 9.90 Å². The molecule has 5 heteroatoms. The molecule has 0 heterocycles. The minimum absolute atomic E-state index is 0.211. The van der Waals surface area contributed by atoms with Crippen LogP contribution in [-0.2, 0) is 11.2 Å². The van der Waals surface area contributed by atoms with E-state index in [1.165, 1.54) is 14.0 Å². The first kappa shape index (κ1) is 13.8. The number of amides is 1. The van der Waals surface area contributed by atoms with Crippen molar-refractivity contribution in [1.29, 1.82) is 0 Å². The first-order chi connectivity index (χ1) is 7.95. The van der Waals surface area contributed by atoms with Gasteiger partial charge in [0.1, 0.15) is 5.75 Å². The Balaban J connectivity index is 3.25. The molecule has 0 aliphatic carbocycles. The topological polar surface area (TPSA) is 58.6 Å². The number of rotatable bonds is 4. The number of aliphatic hydroxyl groups is 1. The number of hydrogen-bond donors (Lipinski definition) is 2. The Kier molecular flexibility index (Phi) is 4.78. The molecule has 0 saturated carbocycles. The molecule has 0 saturated heterocycles. The standard InChI is InChI=1S/C12H16ClNO3/c1-7(15)6-9-10(13)4-5-11(17-3)12(9)14-8(2)16/h4-5,7,15H,6H2,1-3H3,(H,14,16). The van der Waals surface area contributed by atoms with Gasteiger partial charge in [0, 0.05) is 23.9 Å². The molecule has 94 valence electrons. The summed E-state index contributed by atoms with van der Waals surface area (Å²) in [6.07, 6.45) is -0.196. The molecule has 2 N–H and O–H groups in total. The highest BCUT2D eigenvalue weighted by atomic mass is 35.5. The molecule has 4 nitrogen and oxygen atoms in total. The molecule has 1 unspecified atom stereocenters. The molecule has 0 spiro atoms. The summed E-state index contributed by atoms with van der Waals surface area (Å²) in [5.41, 5.74) is 1.20. The van der Waals surface area contributed by atoms with E-state index in [2.05, 4.69) is 5.32 Å². The first-order valence-corrected chi connectivity index (χ1v) is 5.64. The summed E-state index contributed by atoms with van der Waals surface area (Å²) >= 11 is 6.07. The molecule has 1 amide bonds. The van der Waals surface area contributed by atoms with Crippen molar-refractivity contribution in [3.05, 3.63) is 22.7 Å². The average molecular weight is 258 g/mol. The van der Waals surface area contributed by atoms with Crippen molar-refractivity contribution in [2.24, 2.45) is 0 Å². The number of nitrogens with one attached hydrogen (secondary N) is 1. The Morgan fingerprint density at radius 3 is 2.71 bits per heavy atom. The minimum Gasteiger partial charge on any atom is -0.495 e. The lowest BCUT2D eigenvalue weighted by Gasteiger charge is -2.16. The van der Waals surface area contributed by atoms with Crippen molar-refractivity contribution in [1.82, 2.24) is 0 Å². The molecule has 1 aromatic rings. The molecule has 0 fully saturated rings. The Morgan fingerprint density at radius 2 is 2.24 bits per heavy atom. The lowest BCUT2D eigenvalue weighted by Crippen LogP contribution is -2.13. The van der Waals surface area contributed by atoms with Gasteiger partial charge in [-0.25, -0.2) is 0 Å². The zero-order valence-corrected chi connectivity index (χ0v) is 10.8. The third-order valence-corrected chi connectivity index (χ3v) is 2.59. The zero-order chi connectivity index (χ0) is 13.0. The third kappa shape index (κ3) is 3.61. The number of halogens is 1. The Morgan fingerprint density at radius 1 is 1.59 bits per heavy atom. The molecule has 0 aliphatic rings. The number of anilines is 1. The summed E-state index contributed by atoms with van der Waals surface area (Å²) in [7, 11) is 1.51. The molecule has 1 aromatic carbocycles. The largest absolute Gasteiger partial charge is 0.495 e. The van der Waals surface area contributed by atoms with Crippen LogP contribution in [0, 0.1) is 0 Å². The van der Waals surface area contributed by atoms with Gasteiger partial charge in [0.2, 0.25) is 5.91 Å². The van der Waals surface area contributed by atoms with Crippen LogP contribution in [-0.4, -0.2) is 24.2 Å². The second-order valence-electron chi connectivity index (χ2n) is 3.84. The van der Waals surface area contributed by atoms with E-state index in [1.54, 1.807) is 19.1 Å². The van der Waals surface area contributed by atoms with Gasteiger partial charge in [-0.05, 0) is 19.1 Å². The number of carbonyl (C=O) groups excluding carboxylic acids is 1. The normalized spacial score (nSPS) is 12.1. The Labute approximate surface area is 106 Å². The number of methoxy groups -OCH3 is 1. The summed E-state index contributed by atoms with van der Waals surface area (Å²) in [5.74, 6) is 0.317. The van der Waals surface area contributed by atoms with E-state index in [0.717, 1.165) is 0 Å². The molecular formula is C12H16ClNO3. The summed E-state index contributed by atoms with van der Waals surface area (Å²) in [5, 5.41) is 12.6. The van der Waals surface area contributed by atoms with Gasteiger partial charge in [0.25, 0.3) is 0 Å². The SMILES string of the molecule is COc1ccc(Cl)c(CC(C)O)c1NC(C)=O. The maximum atomic E-state index is 11.2. The van der Waals surface area contributed by atoms with Crippen LogP contribution in [0.25, 0.3) is 0 Å². The van der Waals surface area contributed by atoms with E-state index in [4.69, 9.17) is 16.3 Å². The number of carbonyl (C=O) groups is 1. The van der Waals surface area contributed by atoms with E-state index in [1.807, 2.05) is 0 Å². The van der Waals surface area contributed by atoms with Crippen LogP contribution >= 0.6 is 11.6 Å². The van der Waals surface area contributed by atoms with Crippen LogP contribution < -0.4 is 10.1 Å². The van der Waals surface area contributed by atoms with Gasteiger partial charge in [-0.1, -0.05) is 11.6 Å². The Bertz CT molecular complexity index is 418. The fourth-order valence-corrected chi connectivity index (χ4v) is 1.81. The number of aliphatic hydroxyl groups excluding tert-OH is 1. The molecule has 17 heavy (non-hydrogen) atoms. The van der Waals surface area contributed by atoms with Crippen LogP contribution in [0.5, 0.6) is 5.75 Å². The number of hydrogen-bond acceptors (Lipinski definition) is 3. The fourth-order valence-electron chi connectivity index (χ4n) is 1.58. The zero-order valence-electron chi connectivity index (χ0n) is 10.1. The summed E-state index contributed by atoms with van der Waals surface area (Å²) < 4.78 is 5.17. The summed E-state index contributed by atoms with van der Waals surface area (Å²) in [6, 6.07) is 3.36. The monoisotopic (exact) mass is 257 g/mol. The van der Waals surface area contributed by atoms with Crippen LogP contribution in [0.4, 0.5) is 5.69 Å². The Hall–Kier alpha value is -1.26. The maximum absolute atomic E-state index is 11.2. The second kappa shape index (κ2) is 5.89. The predicted octanol–water partition coefficient (Wildman–Crippen LogP) is 2.23. The maximum Gasteiger partial charge on any atom is 0.221 e. The fraction of sp³-hybridized carbons (Fsp3) is 0.417. The molecule has 0 aliphatic heterocycles. The minimum atomic E-state index is -0.549. The van der Waals surface area contributed by atoms with E-state index in [-0.39, 0.29) is 5.91 Å². The van der Waals surface area contributed by atoms with Crippen molar-refractivity contribution in [3.63, 3.8) is 0 Å². The van der Waals surface area contributed by atoms with Crippen LogP contribution in [0.15, 0.2) is 12.1 Å². The number of benzene rings is 1. The smallest absolute Gasteiger partial charge is 0.221 e. The lowest BCUT2D eigenvalue weighted by molar-refractivity contribution is -0.114. The highest BCUT2D eigenvalue weighted by molar-refractivity contribution is 6.32. The molecule has 0 aromatic heterocycles. The number of ether oxygens (including phenoxy) is 1. The van der Waals surface area contributed by atoms with Crippen molar-refractivity contribution >= 4 is 23.2 Å². The molecular weight excluding hydrogens is 242 g/mol. The van der Waals surface area contributed by atoms with Gasteiger partial charge < -0.3 is 15.2 Å². The van der Waals surface area contributed by atoms with Gasteiger partial charge in [0.15, 0.2) is 0 Å². The third-order valence-electron chi connectivity index (χ3n) is 2.24. The highest BCUT2D eigenvalue weighted by Gasteiger charge is 2.15. The van der Waals surface area contributed by atoms with Crippen LogP contribution in [0.2, 0.25) is 5.02 Å². The first-order valence-electron chi connectivity index (χ1n) is 5.26. The summed E-state index contributed by atoms with van der Waals surface area (Å²) in [6.45, 7) is 3.07. The van der Waals surface area contributed by atoms with Crippen molar-refractivity contribution in [2.45, 2.75) is 26.4 Å². The van der Waals surface area contributed by atoms with Crippen LogP contribution in [0.1, 0.15) is 19.4 Å². The van der Waals surface area contributed by atoms with Gasteiger partial charge in [0.05, 0.1) is 18.9 Å². The van der Waals surface area contributed by atoms with Crippen LogP contribution in [0.3, 0.4) is 0 Å². The second-order valence-corrected chi connectivity index (χ2v) is 4.24. The van der Waals surface area contributed by atoms with Gasteiger partial charge >= 0.3 is 0 Å². The molecule has 0 radical (unpaired) electrons. The van der Waals surface area contributed by atoms with Crippen molar-refractivity contribution in [3.8, 4) is 5.75 Å². The molecule has 1 atom stereocenters. The predicted molar refractivity (Wildman–Crippen MR) is 67.7 cm³/mol. The lowest BCUT2D eigenvalue weighted by atomic mass is 10.1. The van der Waals surface area contributed by atoms with E-state index >= 15 is 0 Å². The van der Waals surface area contributed by atoms with Gasteiger partial charge in [-0.15, -0.1) is 0 Å². The van der Waals surface area contributed by atoms with Gasteiger partial charge in [-0.2, -0.15) is 0 Å². The quantitative estimate of drug-likeness (QED) is 0.870. The van der Waals surface area contributed by atoms with E-state index in [0.29, 0.717) is 28.4 Å².